The standard InChI is InChI=1S/C11H11BrIN3/c1-7-2-3-8(9(12)4-7)6-16-11(14)10(13)5-15-16/h2-5H,6,14H2,1H3. The van der Waals surface area contributed by atoms with E-state index >= 15 is 0 Å². The fraction of sp³-hybridized carbons (Fsp3) is 0.182. The summed E-state index contributed by atoms with van der Waals surface area (Å²) in [5.74, 6) is 0.716. The zero-order valence-electron chi connectivity index (χ0n) is 8.74. The molecule has 0 aliphatic carbocycles. The summed E-state index contributed by atoms with van der Waals surface area (Å²) in [6.45, 7) is 2.76. The summed E-state index contributed by atoms with van der Waals surface area (Å²) in [6, 6.07) is 6.28. The minimum Gasteiger partial charge on any atom is -0.383 e. The van der Waals surface area contributed by atoms with Crippen LogP contribution in [0.25, 0.3) is 0 Å². The Hall–Kier alpha value is -0.560. The Morgan fingerprint density at radius 3 is 2.81 bits per heavy atom. The molecule has 1 aromatic heterocycles. The quantitative estimate of drug-likeness (QED) is 0.799. The van der Waals surface area contributed by atoms with Crippen LogP contribution < -0.4 is 5.73 Å². The topological polar surface area (TPSA) is 43.8 Å². The van der Waals surface area contributed by atoms with Gasteiger partial charge in [0, 0.05) is 4.47 Å². The second kappa shape index (κ2) is 4.75. The minimum absolute atomic E-state index is 0.690. The summed E-state index contributed by atoms with van der Waals surface area (Å²) < 4.78 is 3.88. The highest BCUT2D eigenvalue weighted by Gasteiger charge is 2.07. The van der Waals surface area contributed by atoms with Crippen LogP contribution in [0.5, 0.6) is 0 Å². The molecule has 0 saturated carbocycles. The molecule has 5 heteroatoms. The highest BCUT2D eigenvalue weighted by atomic mass is 127. The van der Waals surface area contributed by atoms with Crippen LogP contribution in [-0.2, 0) is 6.54 Å². The maximum atomic E-state index is 5.91. The number of aromatic nitrogens is 2. The number of benzene rings is 1. The molecule has 2 aromatic rings. The number of hydrogen-bond acceptors (Lipinski definition) is 2. The number of nitrogens with two attached hydrogens (primary N) is 1. The molecule has 16 heavy (non-hydrogen) atoms. The van der Waals surface area contributed by atoms with Crippen LogP contribution in [0, 0.1) is 10.5 Å². The van der Waals surface area contributed by atoms with Gasteiger partial charge in [0.2, 0.25) is 0 Å². The van der Waals surface area contributed by atoms with Crippen molar-refractivity contribution < 1.29 is 0 Å². The van der Waals surface area contributed by atoms with Gasteiger partial charge in [-0.2, -0.15) is 5.10 Å². The zero-order valence-corrected chi connectivity index (χ0v) is 12.5. The molecular weight excluding hydrogens is 381 g/mol. The third-order valence-electron chi connectivity index (χ3n) is 2.36. The van der Waals surface area contributed by atoms with Crippen molar-refractivity contribution >= 4 is 44.3 Å². The third-order valence-corrected chi connectivity index (χ3v) is 3.93. The van der Waals surface area contributed by atoms with Crippen molar-refractivity contribution in [1.29, 1.82) is 0 Å². The summed E-state index contributed by atoms with van der Waals surface area (Å²) in [5, 5.41) is 4.24. The molecule has 0 atom stereocenters. The molecule has 0 unspecified atom stereocenters. The lowest BCUT2D eigenvalue weighted by atomic mass is 10.1. The minimum atomic E-state index is 0.690. The Labute approximate surface area is 116 Å². The van der Waals surface area contributed by atoms with Crippen molar-refractivity contribution in [3.63, 3.8) is 0 Å². The van der Waals surface area contributed by atoms with Crippen LogP contribution >= 0.6 is 38.5 Å². The first-order valence-electron chi connectivity index (χ1n) is 4.79. The van der Waals surface area contributed by atoms with E-state index in [1.807, 2.05) is 0 Å². The van der Waals surface area contributed by atoms with Gasteiger partial charge in [-0.05, 0) is 46.7 Å². The SMILES string of the molecule is Cc1ccc(Cn2ncc(I)c2N)c(Br)c1. The maximum Gasteiger partial charge on any atom is 0.135 e. The predicted octanol–water partition coefficient (Wildman–Crippen LogP) is 3.19. The number of hydrogen-bond donors (Lipinski definition) is 1. The Morgan fingerprint density at radius 1 is 1.50 bits per heavy atom. The maximum absolute atomic E-state index is 5.91. The van der Waals surface area contributed by atoms with Gasteiger partial charge in [0.1, 0.15) is 5.82 Å². The lowest BCUT2D eigenvalue weighted by Crippen LogP contribution is -2.06. The number of halogens is 2. The van der Waals surface area contributed by atoms with Crippen LogP contribution in [0.4, 0.5) is 5.82 Å². The highest BCUT2D eigenvalue weighted by molar-refractivity contribution is 14.1. The molecule has 1 heterocycles. The molecule has 84 valence electrons. The smallest absolute Gasteiger partial charge is 0.135 e. The molecule has 0 radical (unpaired) electrons. The Kier molecular flexibility index (Phi) is 3.53. The first-order valence-corrected chi connectivity index (χ1v) is 6.67. The van der Waals surface area contributed by atoms with Crippen molar-refractivity contribution in [1.82, 2.24) is 9.78 Å². The van der Waals surface area contributed by atoms with E-state index in [4.69, 9.17) is 5.73 Å². The third kappa shape index (κ3) is 2.40. The summed E-state index contributed by atoms with van der Waals surface area (Å²) in [7, 11) is 0. The van der Waals surface area contributed by atoms with Crippen molar-refractivity contribution in [3.05, 3.63) is 43.6 Å². The number of rotatable bonds is 2. The molecule has 0 fully saturated rings. The molecule has 0 bridgehead atoms. The summed E-state index contributed by atoms with van der Waals surface area (Å²) in [4.78, 5) is 0. The van der Waals surface area contributed by atoms with E-state index in [9.17, 15) is 0 Å². The Bertz CT molecular complexity index is 522. The number of anilines is 1. The molecule has 0 aliphatic rings. The van der Waals surface area contributed by atoms with E-state index in [1.165, 1.54) is 11.1 Å². The monoisotopic (exact) mass is 391 g/mol. The Morgan fingerprint density at radius 2 is 2.25 bits per heavy atom. The van der Waals surface area contributed by atoms with Gasteiger partial charge in [0.15, 0.2) is 0 Å². The second-order valence-corrected chi connectivity index (χ2v) is 5.65. The summed E-state index contributed by atoms with van der Waals surface area (Å²) in [6.07, 6.45) is 1.78. The molecule has 2 rings (SSSR count). The van der Waals surface area contributed by atoms with Crippen molar-refractivity contribution in [2.45, 2.75) is 13.5 Å². The van der Waals surface area contributed by atoms with Gasteiger partial charge in [-0.15, -0.1) is 0 Å². The molecular formula is C11H11BrIN3. The molecule has 0 aliphatic heterocycles. The lowest BCUT2D eigenvalue weighted by molar-refractivity contribution is 0.695. The molecule has 0 spiro atoms. The van der Waals surface area contributed by atoms with E-state index in [-0.39, 0.29) is 0 Å². The van der Waals surface area contributed by atoms with Gasteiger partial charge in [-0.1, -0.05) is 28.1 Å². The second-order valence-electron chi connectivity index (χ2n) is 3.63. The molecule has 0 amide bonds. The van der Waals surface area contributed by atoms with Crippen molar-refractivity contribution in [2.24, 2.45) is 0 Å². The first-order chi connectivity index (χ1) is 7.58. The largest absolute Gasteiger partial charge is 0.383 e. The summed E-state index contributed by atoms with van der Waals surface area (Å²) in [5.41, 5.74) is 8.32. The van der Waals surface area contributed by atoms with Gasteiger partial charge in [-0.25, -0.2) is 4.68 Å². The van der Waals surface area contributed by atoms with Crippen molar-refractivity contribution in [2.75, 3.05) is 5.73 Å². The lowest BCUT2D eigenvalue weighted by Gasteiger charge is -2.07. The molecule has 2 N–H and O–H groups in total. The normalized spacial score (nSPS) is 10.7. The Balaban J connectivity index is 2.30. The van der Waals surface area contributed by atoms with E-state index in [2.05, 4.69) is 68.7 Å². The van der Waals surface area contributed by atoms with Crippen LogP contribution in [0.3, 0.4) is 0 Å². The average molecular weight is 392 g/mol. The van der Waals surface area contributed by atoms with E-state index < -0.39 is 0 Å². The van der Waals surface area contributed by atoms with Crippen molar-refractivity contribution in [3.8, 4) is 0 Å². The molecule has 0 saturated heterocycles. The number of nitrogen functional groups attached to an aromatic ring is 1. The number of nitrogens with zero attached hydrogens (tertiary/aromatic N) is 2. The fourth-order valence-corrected chi connectivity index (χ4v) is 2.46. The van der Waals surface area contributed by atoms with Crippen LogP contribution in [0.1, 0.15) is 11.1 Å². The van der Waals surface area contributed by atoms with Crippen LogP contribution in [0.15, 0.2) is 28.9 Å². The average Bonchev–Trinajstić information content (AvgIpc) is 2.54. The van der Waals surface area contributed by atoms with Gasteiger partial charge in [0.25, 0.3) is 0 Å². The number of aryl methyl sites for hydroxylation is 1. The van der Waals surface area contributed by atoms with Gasteiger partial charge < -0.3 is 5.73 Å². The van der Waals surface area contributed by atoms with Gasteiger partial charge in [-0.3, -0.25) is 0 Å². The van der Waals surface area contributed by atoms with Gasteiger partial charge in [0.05, 0.1) is 16.3 Å². The van der Waals surface area contributed by atoms with E-state index in [0.717, 1.165) is 8.04 Å². The predicted molar refractivity (Wildman–Crippen MR) is 77.3 cm³/mol. The molecule has 1 aromatic carbocycles. The summed E-state index contributed by atoms with van der Waals surface area (Å²) >= 11 is 5.73. The van der Waals surface area contributed by atoms with E-state index in [1.54, 1.807) is 10.9 Å². The van der Waals surface area contributed by atoms with Crippen LogP contribution in [-0.4, -0.2) is 9.78 Å². The van der Waals surface area contributed by atoms with E-state index in [0.29, 0.717) is 12.4 Å². The fourth-order valence-electron chi connectivity index (χ4n) is 1.44. The zero-order chi connectivity index (χ0) is 11.7. The van der Waals surface area contributed by atoms with Gasteiger partial charge >= 0.3 is 0 Å². The molecule has 3 nitrogen and oxygen atoms in total. The first kappa shape index (κ1) is 11.9. The van der Waals surface area contributed by atoms with Crippen LogP contribution in [0.2, 0.25) is 0 Å². The highest BCUT2D eigenvalue weighted by Crippen LogP contribution is 2.21.